The van der Waals surface area contributed by atoms with Gasteiger partial charge in [-0.15, -0.1) is 0 Å². The predicted molar refractivity (Wildman–Crippen MR) is 95.0 cm³/mol. The van der Waals surface area contributed by atoms with Gasteiger partial charge in [0.15, 0.2) is 11.5 Å². The van der Waals surface area contributed by atoms with Crippen LogP contribution in [0.1, 0.15) is 36.5 Å². The maximum Gasteiger partial charge on any atom is 0.165 e. The number of likely N-dealkylation sites (tertiary alicyclic amines) is 1. The highest BCUT2D eigenvalue weighted by molar-refractivity contribution is 5.47. The summed E-state index contributed by atoms with van der Waals surface area (Å²) in [5, 5.41) is 4.55. The minimum Gasteiger partial charge on any atom is -0.486 e. The molecule has 2 aromatic rings. The molecule has 3 heterocycles. The van der Waals surface area contributed by atoms with E-state index in [1.807, 2.05) is 19.9 Å². The molecule has 6 heteroatoms. The van der Waals surface area contributed by atoms with Crippen LogP contribution in [0.4, 0.5) is 0 Å². The Morgan fingerprint density at radius 3 is 2.88 bits per heavy atom. The van der Waals surface area contributed by atoms with Crippen molar-refractivity contribution in [3.63, 3.8) is 0 Å². The molecule has 0 aliphatic carbocycles. The summed E-state index contributed by atoms with van der Waals surface area (Å²) in [7, 11) is 0. The lowest BCUT2D eigenvalue weighted by Crippen LogP contribution is -2.42. The first-order chi connectivity index (χ1) is 12.2. The third-order valence-electron chi connectivity index (χ3n) is 5.12. The van der Waals surface area contributed by atoms with Crippen LogP contribution in [-0.2, 0) is 13.1 Å². The number of aryl methyl sites for hydroxylation is 2. The second-order valence-electron chi connectivity index (χ2n) is 6.95. The molecule has 0 radical (unpaired) electrons. The fraction of sp³-hybridized carbons (Fsp3) is 0.579. The maximum atomic E-state index is 5.89. The minimum atomic E-state index is 0.480. The van der Waals surface area contributed by atoms with Crippen LogP contribution < -0.4 is 9.47 Å². The van der Waals surface area contributed by atoms with Crippen LogP contribution in [0.15, 0.2) is 18.2 Å². The first kappa shape index (κ1) is 16.4. The number of rotatable bonds is 4. The Labute approximate surface area is 148 Å². The van der Waals surface area contributed by atoms with Gasteiger partial charge in [0.25, 0.3) is 0 Å². The van der Waals surface area contributed by atoms with Crippen LogP contribution >= 0.6 is 0 Å². The second-order valence-corrected chi connectivity index (χ2v) is 6.95. The van der Waals surface area contributed by atoms with Gasteiger partial charge < -0.3 is 9.47 Å². The molecule has 4 rings (SSSR count). The van der Waals surface area contributed by atoms with Gasteiger partial charge in [0.2, 0.25) is 0 Å². The SMILES string of the molecule is Cc1nc(C)n(C[C@@H]2CCCCN2Cc2cccc3c2OCCO3)n1. The Bertz CT molecular complexity index is 743. The first-order valence-electron chi connectivity index (χ1n) is 9.20. The lowest BCUT2D eigenvalue weighted by molar-refractivity contribution is 0.116. The summed E-state index contributed by atoms with van der Waals surface area (Å²) in [6.07, 6.45) is 3.73. The van der Waals surface area contributed by atoms with E-state index in [9.17, 15) is 0 Å². The van der Waals surface area contributed by atoms with Crippen LogP contribution in [0.5, 0.6) is 11.5 Å². The van der Waals surface area contributed by atoms with Gasteiger partial charge in [-0.3, -0.25) is 4.90 Å². The van der Waals surface area contributed by atoms with E-state index in [0.717, 1.165) is 42.8 Å². The van der Waals surface area contributed by atoms with Crippen molar-refractivity contribution in [2.45, 2.75) is 52.2 Å². The Balaban J connectivity index is 1.53. The van der Waals surface area contributed by atoms with Gasteiger partial charge in [-0.25, -0.2) is 9.67 Å². The molecule has 6 nitrogen and oxygen atoms in total. The van der Waals surface area contributed by atoms with Crippen LogP contribution in [0, 0.1) is 13.8 Å². The lowest BCUT2D eigenvalue weighted by Gasteiger charge is -2.36. The number of piperidine rings is 1. The highest BCUT2D eigenvalue weighted by atomic mass is 16.6. The Morgan fingerprint density at radius 1 is 1.16 bits per heavy atom. The molecular weight excluding hydrogens is 316 g/mol. The van der Waals surface area contributed by atoms with E-state index in [1.54, 1.807) is 0 Å². The molecule has 25 heavy (non-hydrogen) atoms. The summed E-state index contributed by atoms with van der Waals surface area (Å²) < 4.78 is 13.7. The second kappa shape index (κ2) is 7.04. The molecule has 1 atom stereocenters. The molecule has 2 aliphatic heterocycles. The van der Waals surface area contributed by atoms with Gasteiger partial charge in [0.1, 0.15) is 24.9 Å². The summed E-state index contributed by atoms with van der Waals surface area (Å²) in [6.45, 7) is 8.16. The summed E-state index contributed by atoms with van der Waals surface area (Å²) in [5.41, 5.74) is 1.22. The quantitative estimate of drug-likeness (QED) is 0.855. The number of nitrogens with zero attached hydrogens (tertiary/aromatic N) is 4. The molecule has 0 unspecified atom stereocenters. The standard InChI is InChI=1S/C19H26N4O2/c1-14-20-15(2)23(21-14)13-17-7-3-4-9-22(17)12-16-6-5-8-18-19(16)25-11-10-24-18/h5-6,8,17H,3-4,7,9-13H2,1-2H3/t17-/m0/s1. The number of benzene rings is 1. The van der Waals surface area contributed by atoms with E-state index in [1.165, 1.54) is 24.8 Å². The third-order valence-corrected chi connectivity index (χ3v) is 5.12. The van der Waals surface area contributed by atoms with Gasteiger partial charge in [0.05, 0.1) is 6.54 Å². The third kappa shape index (κ3) is 3.49. The van der Waals surface area contributed by atoms with Crippen molar-refractivity contribution in [1.82, 2.24) is 19.7 Å². The smallest absolute Gasteiger partial charge is 0.165 e. The highest BCUT2D eigenvalue weighted by Gasteiger charge is 2.26. The highest BCUT2D eigenvalue weighted by Crippen LogP contribution is 2.35. The Morgan fingerprint density at radius 2 is 2.04 bits per heavy atom. The zero-order valence-corrected chi connectivity index (χ0v) is 15.1. The Hall–Kier alpha value is -2.08. The van der Waals surface area contributed by atoms with Crippen molar-refractivity contribution < 1.29 is 9.47 Å². The van der Waals surface area contributed by atoms with Crippen LogP contribution in [0.25, 0.3) is 0 Å². The fourth-order valence-corrected chi connectivity index (χ4v) is 3.89. The van der Waals surface area contributed by atoms with Crippen molar-refractivity contribution >= 4 is 0 Å². The molecule has 1 aromatic carbocycles. The molecule has 0 spiro atoms. The van der Waals surface area contributed by atoms with Gasteiger partial charge in [-0.05, 0) is 39.3 Å². The summed E-state index contributed by atoms with van der Waals surface area (Å²) in [6, 6.07) is 6.69. The number of para-hydroxylation sites is 1. The monoisotopic (exact) mass is 342 g/mol. The molecule has 0 amide bonds. The van der Waals surface area contributed by atoms with Gasteiger partial charge >= 0.3 is 0 Å². The first-order valence-corrected chi connectivity index (χ1v) is 9.20. The van der Waals surface area contributed by atoms with Crippen molar-refractivity contribution in [3.8, 4) is 11.5 Å². The zero-order chi connectivity index (χ0) is 17.2. The van der Waals surface area contributed by atoms with Crippen molar-refractivity contribution in [1.29, 1.82) is 0 Å². The molecular formula is C19H26N4O2. The van der Waals surface area contributed by atoms with E-state index in [-0.39, 0.29) is 0 Å². The lowest BCUT2D eigenvalue weighted by atomic mass is 10.0. The van der Waals surface area contributed by atoms with Crippen molar-refractivity contribution in [2.75, 3.05) is 19.8 Å². The van der Waals surface area contributed by atoms with E-state index < -0.39 is 0 Å². The molecule has 1 fully saturated rings. The van der Waals surface area contributed by atoms with Crippen molar-refractivity contribution in [2.24, 2.45) is 0 Å². The molecule has 2 aliphatic rings. The molecule has 1 saturated heterocycles. The predicted octanol–water partition coefficient (Wildman–Crippen LogP) is 2.72. The van der Waals surface area contributed by atoms with Crippen LogP contribution in [-0.4, -0.2) is 45.5 Å². The normalized spacial score (nSPS) is 20.6. The van der Waals surface area contributed by atoms with Crippen molar-refractivity contribution in [3.05, 3.63) is 35.4 Å². The largest absolute Gasteiger partial charge is 0.486 e. The molecule has 0 bridgehead atoms. The zero-order valence-electron chi connectivity index (χ0n) is 15.1. The van der Waals surface area contributed by atoms with E-state index in [2.05, 4.69) is 31.8 Å². The summed E-state index contributed by atoms with van der Waals surface area (Å²) in [4.78, 5) is 7.00. The maximum absolute atomic E-state index is 5.89. The van der Waals surface area contributed by atoms with Gasteiger partial charge in [-0.2, -0.15) is 5.10 Å². The molecule has 0 N–H and O–H groups in total. The molecule has 1 aromatic heterocycles. The molecule has 0 saturated carbocycles. The summed E-state index contributed by atoms with van der Waals surface area (Å²) in [5.74, 6) is 3.64. The topological polar surface area (TPSA) is 52.4 Å². The van der Waals surface area contributed by atoms with Gasteiger partial charge in [-0.1, -0.05) is 18.6 Å². The van der Waals surface area contributed by atoms with E-state index in [4.69, 9.17) is 9.47 Å². The van der Waals surface area contributed by atoms with E-state index in [0.29, 0.717) is 19.3 Å². The van der Waals surface area contributed by atoms with E-state index >= 15 is 0 Å². The number of fused-ring (bicyclic) bond motifs is 1. The van der Waals surface area contributed by atoms with Crippen LogP contribution in [0.2, 0.25) is 0 Å². The Kier molecular flexibility index (Phi) is 4.61. The fourth-order valence-electron chi connectivity index (χ4n) is 3.89. The van der Waals surface area contributed by atoms with Gasteiger partial charge in [0, 0.05) is 18.2 Å². The molecule has 134 valence electrons. The average Bonchev–Trinajstić information content (AvgIpc) is 2.94. The average molecular weight is 342 g/mol. The summed E-state index contributed by atoms with van der Waals surface area (Å²) >= 11 is 0. The number of hydrogen-bond donors (Lipinski definition) is 0. The minimum absolute atomic E-state index is 0.480. The number of hydrogen-bond acceptors (Lipinski definition) is 5. The number of aromatic nitrogens is 3. The van der Waals surface area contributed by atoms with Crippen LogP contribution in [0.3, 0.4) is 0 Å². The number of ether oxygens (including phenoxy) is 2.